The number of benzene rings is 1. The zero-order valence-electron chi connectivity index (χ0n) is 20.2. The number of carbonyl (C=O) groups excluding carboxylic acids is 1. The lowest BCUT2D eigenvalue weighted by molar-refractivity contribution is -0.0199. The number of nitriles is 1. The smallest absolute Gasteiger partial charge is 0.290 e. The predicted molar refractivity (Wildman–Crippen MR) is 130 cm³/mol. The van der Waals surface area contributed by atoms with Crippen LogP contribution in [0.4, 0.5) is 11.8 Å². The van der Waals surface area contributed by atoms with Crippen LogP contribution in [0.3, 0.4) is 0 Å². The summed E-state index contributed by atoms with van der Waals surface area (Å²) in [6.45, 7) is 2.44. The van der Waals surface area contributed by atoms with Crippen LogP contribution in [0.25, 0.3) is 11.3 Å². The van der Waals surface area contributed by atoms with E-state index in [0.29, 0.717) is 60.9 Å². The summed E-state index contributed by atoms with van der Waals surface area (Å²) in [5.74, 6) is 1.66. The van der Waals surface area contributed by atoms with Gasteiger partial charge in [-0.3, -0.25) is 4.79 Å². The number of hydrogen-bond donors (Lipinski definition) is 1. The third-order valence-electron chi connectivity index (χ3n) is 6.40. The first kappa shape index (κ1) is 23.7. The second-order valence-electron chi connectivity index (χ2n) is 8.74. The molecule has 0 atom stereocenters. The van der Waals surface area contributed by atoms with Gasteiger partial charge in [0.25, 0.3) is 5.91 Å². The number of methoxy groups -OCH3 is 1. The first-order valence-corrected chi connectivity index (χ1v) is 11.8. The molecule has 0 spiro atoms. The highest BCUT2D eigenvalue weighted by Gasteiger charge is 2.33. The SMILES string of the molecule is COC1CN(C(=O)c2ncc(Nc3nccc(-c4ccc(OC5CCOCC5)c(C#N)c4)n3)n2C)C1. The summed E-state index contributed by atoms with van der Waals surface area (Å²) in [5.41, 5.74) is 1.86. The molecule has 11 heteroatoms. The van der Waals surface area contributed by atoms with E-state index in [2.05, 4.69) is 26.3 Å². The van der Waals surface area contributed by atoms with Crippen molar-refractivity contribution in [1.82, 2.24) is 24.4 Å². The fraction of sp³-hybridized carbons (Fsp3) is 0.400. The highest BCUT2D eigenvalue weighted by atomic mass is 16.5. The zero-order chi connectivity index (χ0) is 25.1. The summed E-state index contributed by atoms with van der Waals surface area (Å²) < 4.78 is 18.3. The molecule has 3 aromatic rings. The Morgan fingerprint density at radius 2 is 2.00 bits per heavy atom. The van der Waals surface area contributed by atoms with Crippen molar-refractivity contribution in [2.24, 2.45) is 7.05 Å². The topological polar surface area (TPSA) is 127 Å². The van der Waals surface area contributed by atoms with Crippen molar-refractivity contribution in [3.63, 3.8) is 0 Å². The van der Waals surface area contributed by atoms with Crippen LogP contribution in [0.1, 0.15) is 29.0 Å². The van der Waals surface area contributed by atoms with E-state index in [0.717, 1.165) is 18.4 Å². The quantitative estimate of drug-likeness (QED) is 0.532. The van der Waals surface area contributed by atoms with Crippen LogP contribution >= 0.6 is 0 Å². The van der Waals surface area contributed by atoms with Gasteiger partial charge in [0, 0.05) is 51.8 Å². The molecule has 11 nitrogen and oxygen atoms in total. The Kier molecular flexibility index (Phi) is 6.79. The number of rotatable bonds is 7. The number of anilines is 2. The monoisotopic (exact) mass is 489 g/mol. The minimum Gasteiger partial charge on any atom is -0.489 e. The normalized spacial score (nSPS) is 16.3. The molecule has 1 amide bonds. The summed E-state index contributed by atoms with van der Waals surface area (Å²) >= 11 is 0. The van der Waals surface area contributed by atoms with Crippen molar-refractivity contribution >= 4 is 17.7 Å². The number of imidazole rings is 1. The maximum absolute atomic E-state index is 12.7. The Morgan fingerprint density at radius 3 is 2.75 bits per heavy atom. The lowest BCUT2D eigenvalue weighted by Gasteiger charge is -2.37. The number of nitrogens with zero attached hydrogens (tertiary/aromatic N) is 6. The molecule has 0 radical (unpaired) electrons. The second-order valence-corrected chi connectivity index (χ2v) is 8.74. The molecule has 186 valence electrons. The maximum atomic E-state index is 12.7. The predicted octanol–water partition coefficient (Wildman–Crippen LogP) is 2.52. The largest absolute Gasteiger partial charge is 0.489 e. The van der Waals surface area contributed by atoms with E-state index in [9.17, 15) is 10.1 Å². The van der Waals surface area contributed by atoms with Crippen LogP contribution < -0.4 is 10.1 Å². The van der Waals surface area contributed by atoms with Gasteiger partial charge in [-0.05, 0) is 24.3 Å². The molecule has 2 saturated heterocycles. The number of aromatic nitrogens is 4. The molecule has 4 heterocycles. The van der Waals surface area contributed by atoms with Crippen molar-refractivity contribution in [3.8, 4) is 23.1 Å². The Hall–Kier alpha value is -4.01. The molecule has 2 aromatic heterocycles. The van der Waals surface area contributed by atoms with Gasteiger partial charge in [-0.15, -0.1) is 0 Å². The standard InChI is InChI=1S/C25H27N7O4/c1-31-22(13-28-23(31)24(33)32-14-19(15-32)34-2)30-25-27-8-5-20(29-25)16-3-4-21(17(11-16)12-26)36-18-6-9-35-10-7-18/h3-5,8,11,13,18-19H,6-7,9-10,14-15H2,1-2H3,(H,27,29,30). The van der Waals surface area contributed by atoms with E-state index in [1.807, 2.05) is 12.1 Å². The fourth-order valence-corrected chi connectivity index (χ4v) is 4.17. The lowest BCUT2D eigenvalue weighted by atomic mass is 10.1. The zero-order valence-corrected chi connectivity index (χ0v) is 20.2. The molecule has 36 heavy (non-hydrogen) atoms. The first-order chi connectivity index (χ1) is 17.6. The van der Waals surface area contributed by atoms with Crippen molar-refractivity contribution < 1.29 is 19.0 Å². The van der Waals surface area contributed by atoms with Gasteiger partial charge in [0.2, 0.25) is 11.8 Å². The molecule has 2 fully saturated rings. The number of hydrogen-bond acceptors (Lipinski definition) is 9. The summed E-state index contributed by atoms with van der Waals surface area (Å²) in [7, 11) is 3.40. The fourth-order valence-electron chi connectivity index (χ4n) is 4.17. The Labute approximate surface area is 208 Å². The van der Waals surface area contributed by atoms with Crippen molar-refractivity contribution in [3.05, 3.63) is 48.0 Å². The van der Waals surface area contributed by atoms with Gasteiger partial charge in [-0.2, -0.15) is 5.26 Å². The van der Waals surface area contributed by atoms with Crippen LogP contribution in [0.2, 0.25) is 0 Å². The molecule has 0 bridgehead atoms. The van der Waals surface area contributed by atoms with E-state index in [1.54, 1.807) is 48.2 Å². The second kappa shape index (κ2) is 10.3. The van der Waals surface area contributed by atoms with E-state index in [1.165, 1.54) is 0 Å². The summed E-state index contributed by atoms with van der Waals surface area (Å²) in [6, 6.07) is 9.45. The number of likely N-dealkylation sites (tertiary alicyclic amines) is 1. The third-order valence-corrected chi connectivity index (χ3v) is 6.40. The molecule has 0 aliphatic carbocycles. The molecule has 2 aliphatic rings. The average molecular weight is 490 g/mol. The summed E-state index contributed by atoms with van der Waals surface area (Å²) in [5, 5.41) is 12.8. The highest BCUT2D eigenvalue weighted by Crippen LogP contribution is 2.28. The molecule has 1 aromatic carbocycles. The number of carbonyl (C=O) groups is 1. The van der Waals surface area contributed by atoms with E-state index < -0.39 is 0 Å². The molecule has 1 N–H and O–H groups in total. The Balaban J connectivity index is 1.30. The molecular weight excluding hydrogens is 462 g/mol. The summed E-state index contributed by atoms with van der Waals surface area (Å²) in [4.78, 5) is 27.6. The van der Waals surface area contributed by atoms with Gasteiger partial charge in [-0.1, -0.05) is 0 Å². The molecular formula is C25H27N7O4. The summed E-state index contributed by atoms with van der Waals surface area (Å²) in [6.07, 6.45) is 4.95. The van der Waals surface area contributed by atoms with Gasteiger partial charge in [0.1, 0.15) is 23.7 Å². The Bertz CT molecular complexity index is 1290. The number of ether oxygens (including phenoxy) is 3. The minimum atomic E-state index is -0.152. The van der Waals surface area contributed by atoms with Crippen LogP contribution in [-0.2, 0) is 16.5 Å². The molecule has 0 unspecified atom stereocenters. The average Bonchev–Trinajstić information content (AvgIpc) is 3.24. The van der Waals surface area contributed by atoms with Crippen molar-refractivity contribution in [2.45, 2.75) is 25.0 Å². The highest BCUT2D eigenvalue weighted by molar-refractivity contribution is 5.92. The van der Waals surface area contributed by atoms with E-state index in [-0.39, 0.29) is 18.1 Å². The first-order valence-electron chi connectivity index (χ1n) is 11.8. The lowest BCUT2D eigenvalue weighted by Crippen LogP contribution is -2.54. The third kappa shape index (κ3) is 4.86. The van der Waals surface area contributed by atoms with Crippen molar-refractivity contribution in [2.75, 3.05) is 38.7 Å². The van der Waals surface area contributed by atoms with Gasteiger partial charge in [-0.25, -0.2) is 15.0 Å². The van der Waals surface area contributed by atoms with Gasteiger partial charge in [0.05, 0.1) is 36.8 Å². The molecule has 0 saturated carbocycles. The molecule has 2 aliphatic heterocycles. The molecule has 5 rings (SSSR count). The number of nitrogens with one attached hydrogen (secondary N) is 1. The number of amides is 1. The Morgan fingerprint density at radius 1 is 1.19 bits per heavy atom. The van der Waals surface area contributed by atoms with E-state index in [4.69, 9.17) is 14.2 Å². The van der Waals surface area contributed by atoms with Gasteiger partial charge in [0.15, 0.2) is 0 Å². The van der Waals surface area contributed by atoms with E-state index >= 15 is 0 Å². The minimum absolute atomic E-state index is 0.0460. The van der Waals surface area contributed by atoms with Gasteiger partial charge < -0.3 is 29.0 Å². The van der Waals surface area contributed by atoms with Gasteiger partial charge >= 0.3 is 0 Å². The van der Waals surface area contributed by atoms with Crippen molar-refractivity contribution in [1.29, 1.82) is 5.26 Å². The maximum Gasteiger partial charge on any atom is 0.290 e. The van der Waals surface area contributed by atoms with Crippen LogP contribution in [-0.4, -0.2) is 75.9 Å². The van der Waals surface area contributed by atoms with Crippen LogP contribution in [0.15, 0.2) is 36.7 Å². The van der Waals surface area contributed by atoms with Crippen LogP contribution in [0, 0.1) is 11.3 Å². The van der Waals surface area contributed by atoms with Crippen LogP contribution in [0.5, 0.6) is 5.75 Å².